The second-order valence-corrected chi connectivity index (χ2v) is 3.87. The number of aromatic nitrogens is 2. The molecule has 0 amide bonds. The zero-order valence-electron chi connectivity index (χ0n) is 9.83. The maximum Gasteiger partial charge on any atom is 0.339 e. The molecule has 0 aliphatic carbocycles. The van der Waals surface area contributed by atoms with Crippen molar-refractivity contribution >= 4 is 11.7 Å². The van der Waals surface area contributed by atoms with Crippen molar-refractivity contribution < 1.29 is 14.6 Å². The molecular formula is C12H13N3O3. The third kappa shape index (κ3) is 2.60. The van der Waals surface area contributed by atoms with Crippen LogP contribution >= 0.6 is 0 Å². The summed E-state index contributed by atoms with van der Waals surface area (Å²) in [5, 5.41) is 13.0. The maximum absolute atomic E-state index is 11.0. The van der Waals surface area contributed by atoms with Gasteiger partial charge in [0.25, 0.3) is 0 Å². The SMILES string of the molecule is Cn1cc(COc2ccc(N)cc2C(=O)O)cn1. The molecule has 1 aromatic carbocycles. The van der Waals surface area contributed by atoms with Gasteiger partial charge in [-0.25, -0.2) is 4.79 Å². The number of aromatic carboxylic acids is 1. The van der Waals surface area contributed by atoms with E-state index >= 15 is 0 Å². The number of rotatable bonds is 4. The molecule has 0 spiro atoms. The molecule has 94 valence electrons. The van der Waals surface area contributed by atoms with E-state index in [0.717, 1.165) is 5.56 Å². The average Bonchev–Trinajstić information content (AvgIpc) is 2.73. The first-order chi connectivity index (χ1) is 8.56. The number of carboxylic acids is 1. The van der Waals surface area contributed by atoms with Crippen LogP contribution in [0, 0.1) is 0 Å². The second-order valence-electron chi connectivity index (χ2n) is 3.87. The molecule has 0 atom stereocenters. The number of benzene rings is 1. The van der Waals surface area contributed by atoms with E-state index in [1.165, 1.54) is 6.07 Å². The number of nitrogens with zero attached hydrogens (tertiary/aromatic N) is 2. The van der Waals surface area contributed by atoms with Gasteiger partial charge in [-0.15, -0.1) is 0 Å². The summed E-state index contributed by atoms with van der Waals surface area (Å²) in [4.78, 5) is 11.0. The fourth-order valence-corrected chi connectivity index (χ4v) is 1.55. The molecule has 0 saturated heterocycles. The largest absolute Gasteiger partial charge is 0.488 e. The van der Waals surface area contributed by atoms with Gasteiger partial charge >= 0.3 is 5.97 Å². The van der Waals surface area contributed by atoms with E-state index in [9.17, 15) is 4.79 Å². The van der Waals surface area contributed by atoms with Gasteiger partial charge in [-0.3, -0.25) is 4.68 Å². The summed E-state index contributed by atoms with van der Waals surface area (Å²) in [6, 6.07) is 4.53. The van der Waals surface area contributed by atoms with Gasteiger partial charge in [0.1, 0.15) is 17.9 Å². The van der Waals surface area contributed by atoms with Gasteiger partial charge in [-0.05, 0) is 18.2 Å². The number of nitrogen functional groups attached to an aromatic ring is 1. The molecule has 0 unspecified atom stereocenters. The van der Waals surface area contributed by atoms with Crippen LogP contribution in [-0.2, 0) is 13.7 Å². The normalized spacial score (nSPS) is 10.3. The number of nitrogens with two attached hydrogens (primary N) is 1. The van der Waals surface area contributed by atoms with Gasteiger partial charge in [0.05, 0.1) is 6.20 Å². The van der Waals surface area contributed by atoms with Crippen molar-refractivity contribution in [3.05, 3.63) is 41.7 Å². The lowest BCUT2D eigenvalue weighted by Gasteiger charge is -2.08. The fraction of sp³-hybridized carbons (Fsp3) is 0.167. The van der Waals surface area contributed by atoms with E-state index in [4.69, 9.17) is 15.6 Å². The second kappa shape index (κ2) is 4.79. The minimum atomic E-state index is -1.07. The van der Waals surface area contributed by atoms with Crippen LogP contribution in [0.4, 0.5) is 5.69 Å². The number of carbonyl (C=O) groups is 1. The van der Waals surface area contributed by atoms with Crippen LogP contribution in [0.1, 0.15) is 15.9 Å². The van der Waals surface area contributed by atoms with Gasteiger partial charge in [0.15, 0.2) is 0 Å². The molecule has 0 fully saturated rings. The van der Waals surface area contributed by atoms with Crippen molar-refractivity contribution in [3.63, 3.8) is 0 Å². The van der Waals surface area contributed by atoms with Crippen molar-refractivity contribution in [1.82, 2.24) is 9.78 Å². The smallest absolute Gasteiger partial charge is 0.339 e. The lowest BCUT2D eigenvalue weighted by Crippen LogP contribution is -2.04. The lowest BCUT2D eigenvalue weighted by atomic mass is 10.2. The highest BCUT2D eigenvalue weighted by atomic mass is 16.5. The highest BCUT2D eigenvalue weighted by Crippen LogP contribution is 2.22. The van der Waals surface area contributed by atoms with Gasteiger partial charge in [0, 0.05) is 24.5 Å². The zero-order chi connectivity index (χ0) is 13.1. The monoisotopic (exact) mass is 247 g/mol. The van der Waals surface area contributed by atoms with Crippen molar-refractivity contribution in [3.8, 4) is 5.75 Å². The van der Waals surface area contributed by atoms with Crippen molar-refractivity contribution in [2.75, 3.05) is 5.73 Å². The Hall–Kier alpha value is -2.50. The molecular weight excluding hydrogens is 234 g/mol. The summed E-state index contributed by atoms with van der Waals surface area (Å²) in [6.45, 7) is 0.262. The Morgan fingerprint density at radius 2 is 2.33 bits per heavy atom. The number of hydrogen-bond acceptors (Lipinski definition) is 4. The first kappa shape index (κ1) is 12.0. The summed E-state index contributed by atoms with van der Waals surface area (Å²) in [7, 11) is 1.80. The molecule has 1 aromatic heterocycles. The molecule has 0 aliphatic rings. The van der Waals surface area contributed by atoms with Crippen LogP contribution in [0.5, 0.6) is 5.75 Å². The molecule has 0 radical (unpaired) electrons. The molecule has 18 heavy (non-hydrogen) atoms. The van der Waals surface area contributed by atoms with Crippen LogP contribution in [0.3, 0.4) is 0 Å². The third-order valence-corrected chi connectivity index (χ3v) is 2.39. The van der Waals surface area contributed by atoms with Gasteiger partial charge in [0.2, 0.25) is 0 Å². The third-order valence-electron chi connectivity index (χ3n) is 2.39. The summed E-state index contributed by atoms with van der Waals surface area (Å²) in [5.41, 5.74) is 6.85. The van der Waals surface area contributed by atoms with E-state index in [-0.39, 0.29) is 12.2 Å². The van der Waals surface area contributed by atoms with Crippen LogP contribution in [0.25, 0.3) is 0 Å². The number of hydrogen-bond donors (Lipinski definition) is 2. The van der Waals surface area contributed by atoms with Crippen LogP contribution in [-0.4, -0.2) is 20.9 Å². The average molecular weight is 247 g/mol. The van der Waals surface area contributed by atoms with E-state index in [0.29, 0.717) is 11.4 Å². The van der Waals surface area contributed by atoms with E-state index < -0.39 is 5.97 Å². The minimum Gasteiger partial charge on any atom is -0.488 e. The topological polar surface area (TPSA) is 90.4 Å². The number of ether oxygens (including phenoxy) is 1. The van der Waals surface area contributed by atoms with Gasteiger partial charge < -0.3 is 15.6 Å². The molecule has 0 bridgehead atoms. The molecule has 2 aromatic rings. The summed E-state index contributed by atoms with van der Waals surface area (Å²) < 4.78 is 7.12. The van der Waals surface area contributed by atoms with E-state index in [1.807, 2.05) is 0 Å². The first-order valence-corrected chi connectivity index (χ1v) is 5.29. The standard InChI is InChI=1S/C12H13N3O3/c1-15-6-8(5-14-15)7-18-11-3-2-9(13)4-10(11)12(16)17/h2-6H,7,13H2,1H3,(H,16,17). The lowest BCUT2D eigenvalue weighted by molar-refractivity contribution is 0.0692. The highest BCUT2D eigenvalue weighted by molar-refractivity contribution is 5.92. The van der Waals surface area contributed by atoms with Gasteiger partial charge in [-0.2, -0.15) is 5.10 Å². The molecule has 0 aliphatic heterocycles. The van der Waals surface area contributed by atoms with Crippen LogP contribution in [0.2, 0.25) is 0 Å². The van der Waals surface area contributed by atoms with Crippen LogP contribution < -0.4 is 10.5 Å². The Labute approximate surface area is 104 Å². The van der Waals surface area contributed by atoms with Gasteiger partial charge in [-0.1, -0.05) is 0 Å². The van der Waals surface area contributed by atoms with E-state index in [2.05, 4.69) is 5.10 Å². The Morgan fingerprint density at radius 3 is 2.94 bits per heavy atom. The van der Waals surface area contributed by atoms with Crippen molar-refractivity contribution in [2.24, 2.45) is 7.05 Å². The predicted molar refractivity (Wildman–Crippen MR) is 65.4 cm³/mol. The molecule has 0 saturated carbocycles. The minimum absolute atomic E-state index is 0.0545. The fourth-order valence-electron chi connectivity index (χ4n) is 1.55. The van der Waals surface area contributed by atoms with E-state index in [1.54, 1.807) is 36.3 Å². The molecule has 2 rings (SSSR count). The summed E-state index contributed by atoms with van der Waals surface area (Å²) >= 11 is 0. The number of aryl methyl sites for hydroxylation is 1. The summed E-state index contributed by atoms with van der Waals surface area (Å²) in [5.74, 6) is -0.774. The zero-order valence-corrected chi connectivity index (χ0v) is 9.83. The maximum atomic E-state index is 11.0. The van der Waals surface area contributed by atoms with Crippen molar-refractivity contribution in [2.45, 2.75) is 6.61 Å². The number of anilines is 1. The quantitative estimate of drug-likeness (QED) is 0.794. The molecule has 1 heterocycles. The van der Waals surface area contributed by atoms with Crippen LogP contribution in [0.15, 0.2) is 30.6 Å². The molecule has 6 nitrogen and oxygen atoms in total. The molecule has 3 N–H and O–H groups in total. The number of carboxylic acid groups (broad SMARTS) is 1. The Kier molecular flexibility index (Phi) is 3.18. The first-order valence-electron chi connectivity index (χ1n) is 5.29. The summed E-state index contributed by atoms with van der Waals surface area (Å²) in [6.07, 6.45) is 3.47. The predicted octanol–water partition coefficient (Wildman–Crippen LogP) is 1.28. The Bertz CT molecular complexity index is 578. The Morgan fingerprint density at radius 1 is 1.56 bits per heavy atom. The molecule has 6 heteroatoms. The highest BCUT2D eigenvalue weighted by Gasteiger charge is 2.12. The Balaban J connectivity index is 2.16. The van der Waals surface area contributed by atoms with Crippen molar-refractivity contribution in [1.29, 1.82) is 0 Å².